The molecule has 1 heterocycles. The summed E-state index contributed by atoms with van der Waals surface area (Å²) in [4.78, 5) is 0.0666. The van der Waals surface area contributed by atoms with Crippen molar-refractivity contribution in [1.82, 2.24) is 4.72 Å². The lowest BCUT2D eigenvalue weighted by Gasteiger charge is -2.09. The van der Waals surface area contributed by atoms with E-state index in [0.29, 0.717) is 5.76 Å². The lowest BCUT2D eigenvalue weighted by molar-refractivity contribution is 0.483. The van der Waals surface area contributed by atoms with Crippen LogP contribution < -0.4 is 10.5 Å². The van der Waals surface area contributed by atoms with Crippen LogP contribution in [0.15, 0.2) is 44.3 Å². The molecule has 21 heavy (non-hydrogen) atoms. The Morgan fingerprint density at radius 2 is 1.95 bits per heavy atom. The van der Waals surface area contributed by atoms with E-state index in [4.69, 9.17) is 10.2 Å². The molecule has 0 aliphatic heterocycles. The Morgan fingerprint density at radius 1 is 1.29 bits per heavy atom. The number of rotatable bonds is 6. The summed E-state index contributed by atoms with van der Waals surface area (Å²) < 4.78 is 32.6. The fourth-order valence-electron chi connectivity index (χ4n) is 2.01. The Balaban J connectivity index is 2.20. The highest BCUT2D eigenvalue weighted by atomic mass is 79.9. The van der Waals surface area contributed by atoms with E-state index in [-0.39, 0.29) is 22.7 Å². The zero-order valence-electron chi connectivity index (χ0n) is 11.6. The molecule has 5 nitrogen and oxygen atoms in total. The maximum atomic E-state index is 12.3. The molecule has 0 bridgehead atoms. The van der Waals surface area contributed by atoms with Crippen LogP contribution in [0.5, 0.6) is 0 Å². The second-order valence-electron chi connectivity index (χ2n) is 4.50. The van der Waals surface area contributed by atoms with Crippen molar-refractivity contribution in [2.75, 3.05) is 0 Å². The van der Waals surface area contributed by atoms with Gasteiger partial charge in [0.25, 0.3) is 0 Å². The number of sulfonamides is 1. The van der Waals surface area contributed by atoms with E-state index in [1.165, 1.54) is 6.07 Å². The van der Waals surface area contributed by atoms with Crippen LogP contribution in [0.1, 0.15) is 23.8 Å². The minimum Gasteiger partial charge on any atom is -0.452 e. The number of hydrogen-bond donors (Lipinski definition) is 2. The van der Waals surface area contributed by atoms with E-state index in [0.717, 1.165) is 17.5 Å². The molecule has 2 rings (SSSR count). The zero-order valence-corrected chi connectivity index (χ0v) is 14.0. The average molecular weight is 373 g/mol. The van der Waals surface area contributed by atoms with Gasteiger partial charge in [-0.2, -0.15) is 0 Å². The highest BCUT2D eigenvalue weighted by molar-refractivity contribution is 9.10. The van der Waals surface area contributed by atoms with Crippen molar-refractivity contribution in [2.24, 2.45) is 5.73 Å². The van der Waals surface area contributed by atoms with Crippen LogP contribution in [0.2, 0.25) is 0 Å². The summed E-state index contributed by atoms with van der Waals surface area (Å²) in [5, 5.41) is 0. The van der Waals surface area contributed by atoms with Crippen molar-refractivity contribution >= 4 is 26.0 Å². The van der Waals surface area contributed by atoms with Gasteiger partial charge in [0.05, 0.1) is 6.54 Å². The molecule has 0 saturated heterocycles. The van der Waals surface area contributed by atoms with Gasteiger partial charge in [-0.05, 0) is 33.5 Å². The van der Waals surface area contributed by atoms with E-state index in [9.17, 15) is 8.42 Å². The number of benzene rings is 1. The Hall–Kier alpha value is -1.15. The van der Waals surface area contributed by atoms with Crippen LogP contribution in [0.25, 0.3) is 0 Å². The van der Waals surface area contributed by atoms with E-state index in [1.54, 1.807) is 0 Å². The molecule has 7 heteroatoms. The topological polar surface area (TPSA) is 85.3 Å². The summed E-state index contributed by atoms with van der Waals surface area (Å²) in [6.45, 7) is 2.42. The van der Waals surface area contributed by atoms with Crippen LogP contribution in [-0.4, -0.2) is 8.42 Å². The van der Waals surface area contributed by atoms with Crippen LogP contribution in [-0.2, 0) is 29.5 Å². The van der Waals surface area contributed by atoms with Crippen molar-refractivity contribution in [3.8, 4) is 0 Å². The molecule has 0 aliphatic rings. The third-order valence-electron chi connectivity index (χ3n) is 3.15. The van der Waals surface area contributed by atoms with Crippen molar-refractivity contribution in [3.63, 3.8) is 0 Å². The van der Waals surface area contributed by atoms with E-state index < -0.39 is 10.0 Å². The molecule has 3 N–H and O–H groups in total. The molecule has 0 fully saturated rings. The minimum absolute atomic E-state index is 0.0666. The number of halogens is 1. The molecule has 0 atom stereocenters. The SMILES string of the molecule is CCc1ccccc1CNS(=O)(=O)c1cc(CN)oc1Br. The molecule has 0 unspecified atom stereocenters. The predicted molar refractivity (Wildman–Crippen MR) is 84.1 cm³/mol. The van der Waals surface area contributed by atoms with E-state index in [2.05, 4.69) is 20.7 Å². The van der Waals surface area contributed by atoms with Gasteiger partial charge >= 0.3 is 0 Å². The third-order valence-corrected chi connectivity index (χ3v) is 5.41. The highest BCUT2D eigenvalue weighted by Gasteiger charge is 2.22. The second kappa shape index (κ2) is 6.74. The summed E-state index contributed by atoms with van der Waals surface area (Å²) in [5.41, 5.74) is 7.53. The van der Waals surface area contributed by atoms with Crippen molar-refractivity contribution in [1.29, 1.82) is 0 Å². The van der Waals surface area contributed by atoms with Gasteiger partial charge in [-0.25, -0.2) is 13.1 Å². The number of aryl methyl sites for hydroxylation is 1. The molecular formula is C14H17BrN2O3S. The van der Waals surface area contributed by atoms with E-state index >= 15 is 0 Å². The summed E-state index contributed by atoms with van der Waals surface area (Å²) in [6, 6.07) is 9.17. The quantitative estimate of drug-likeness (QED) is 0.815. The number of nitrogens with one attached hydrogen (secondary N) is 1. The van der Waals surface area contributed by atoms with Crippen molar-refractivity contribution in [2.45, 2.75) is 31.3 Å². The summed E-state index contributed by atoms with van der Waals surface area (Å²) in [6.07, 6.45) is 0.852. The standard InChI is InChI=1S/C14H17BrN2O3S/c1-2-10-5-3-4-6-11(10)9-17-21(18,19)13-7-12(8-16)20-14(13)15/h3-7,17H,2,8-9,16H2,1H3. The smallest absolute Gasteiger partial charge is 0.245 e. The maximum absolute atomic E-state index is 12.3. The third kappa shape index (κ3) is 3.74. The Labute approximate surface area is 132 Å². The monoisotopic (exact) mass is 372 g/mol. The van der Waals surface area contributed by atoms with Crippen LogP contribution >= 0.6 is 15.9 Å². The highest BCUT2D eigenvalue weighted by Crippen LogP contribution is 2.26. The molecule has 0 saturated carbocycles. The molecular weight excluding hydrogens is 356 g/mol. The van der Waals surface area contributed by atoms with Gasteiger partial charge in [0, 0.05) is 12.6 Å². The molecule has 1 aromatic heterocycles. The lowest BCUT2D eigenvalue weighted by atomic mass is 10.1. The first kappa shape index (κ1) is 16.2. The summed E-state index contributed by atoms with van der Waals surface area (Å²) in [5.74, 6) is 0.413. The molecule has 0 radical (unpaired) electrons. The molecule has 0 spiro atoms. The van der Waals surface area contributed by atoms with Gasteiger partial charge in [0.2, 0.25) is 10.0 Å². The molecule has 114 valence electrons. The molecule has 0 amide bonds. The Bertz CT molecular complexity index is 726. The van der Waals surface area contributed by atoms with Gasteiger partial charge in [0.15, 0.2) is 4.67 Å². The zero-order chi connectivity index (χ0) is 15.5. The lowest BCUT2D eigenvalue weighted by Crippen LogP contribution is -2.23. The van der Waals surface area contributed by atoms with Crippen molar-refractivity contribution in [3.05, 3.63) is 51.9 Å². The maximum Gasteiger partial charge on any atom is 0.245 e. The van der Waals surface area contributed by atoms with Crippen molar-refractivity contribution < 1.29 is 12.8 Å². The normalized spacial score (nSPS) is 11.8. The molecule has 0 aliphatic carbocycles. The number of furan rings is 1. The van der Waals surface area contributed by atoms with Gasteiger partial charge in [-0.3, -0.25) is 0 Å². The number of nitrogens with two attached hydrogens (primary N) is 1. The average Bonchev–Trinajstić information content (AvgIpc) is 2.87. The first-order chi connectivity index (χ1) is 9.97. The van der Waals surface area contributed by atoms with Crippen LogP contribution in [0.4, 0.5) is 0 Å². The second-order valence-corrected chi connectivity index (χ2v) is 6.96. The Kier molecular flexibility index (Phi) is 5.21. The first-order valence-corrected chi connectivity index (χ1v) is 8.80. The predicted octanol–water partition coefficient (Wildman–Crippen LogP) is 2.54. The summed E-state index contributed by atoms with van der Waals surface area (Å²) >= 11 is 3.11. The largest absolute Gasteiger partial charge is 0.452 e. The molecule has 2 aromatic rings. The van der Waals surface area contributed by atoms with Gasteiger partial charge < -0.3 is 10.2 Å². The minimum atomic E-state index is -3.65. The van der Waals surface area contributed by atoms with Gasteiger partial charge in [0.1, 0.15) is 10.7 Å². The number of hydrogen-bond acceptors (Lipinski definition) is 4. The van der Waals surface area contributed by atoms with Crippen LogP contribution in [0.3, 0.4) is 0 Å². The van der Waals surface area contributed by atoms with Gasteiger partial charge in [-0.1, -0.05) is 31.2 Å². The van der Waals surface area contributed by atoms with Gasteiger partial charge in [-0.15, -0.1) is 0 Å². The van der Waals surface area contributed by atoms with E-state index in [1.807, 2.05) is 31.2 Å². The fraction of sp³-hybridized carbons (Fsp3) is 0.286. The fourth-order valence-corrected chi connectivity index (χ4v) is 4.01. The molecule has 1 aromatic carbocycles. The Morgan fingerprint density at radius 3 is 2.52 bits per heavy atom. The summed E-state index contributed by atoms with van der Waals surface area (Å²) in [7, 11) is -3.65. The van der Waals surface area contributed by atoms with Crippen LogP contribution in [0, 0.1) is 0 Å². The first-order valence-electron chi connectivity index (χ1n) is 6.52.